The van der Waals surface area contributed by atoms with Gasteiger partial charge in [-0.15, -0.1) is 0 Å². The molecule has 0 radical (unpaired) electrons. The molecule has 6 heteroatoms. The third-order valence-corrected chi connectivity index (χ3v) is 6.32. The molecule has 5 rings (SSSR count). The number of benzene rings is 3. The van der Waals surface area contributed by atoms with Crippen LogP contribution in [0.1, 0.15) is 40.9 Å². The van der Waals surface area contributed by atoms with Crippen molar-refractivity contribution >= 4 is 21.6 Å². The monoisotopic (exact) mass is 478 g/mol. The summed E-state index contributed by atoms with van der Waals surface area (Å²) >= 11 is 3.61. The average molecular weight is 479 g/mol. The molecule has 31 heavy (non-hydrogen) atoms. The molecule has 0 amide bonds. The second-order valence-corrected chi connectivity index (χ2v) is 8.70. The fourth-order valence-corrected chi connectivity index (χ4v) is 4.58. The Morgan fingerprint density at radius 1 is 0.968 bits per heavy atom. The van der Waals surface area contributed by atoms with Gasteiger partial charge in [-0.2, -0.15) is 5.10 Å². The van der Waals surface area contributed by atoms with Crippen LogP contribution in [0.15, 0.2) is 70.2 Å². The molecule has 158 valence electrons. The topological polar surface area (TPSA) is 43.3 Å². The van der Waals surface area contributed by atoms with Crippen molar-refractivity contribution in [2.45, 2.75) is 25.6 Å². The first-order valence-corrected chi connectivity index (χ1v) is 11.0. The largest absolute Gasteiger partial charge is 0.493 e. The predicted molar refractivity (Wildman–Crippen MR) is 124 cm³/mol. The van der Waals surface area contributed by atoms with Crippen molar-refractivity contribution in [1.82, 2.24) is 5.01 Å². The summed E-state index contributed by atoms with van der Waals surface area (Å²) in [7, 11) is 3.28. The Bertz CT molecular complexity index is 1160. The fraction of sp³-hybridized carbons (Fsp3) is 0.240. The average Bonchev–Trinajstić information content (AvgIpc) is 3.24. The van der Waals surface area contributed by atoms with E-state index in [1.165, 1.54) is 5.56 Å². The molecule has 2 atom stereocenters. The highest BCUT2D eigenvalue weighted by molar-refractivity contribution is 9.10. The van der Waals surface area contributed by atoms with Gasteiger partial charge in [0.2, 0.25) is 6.23 Å². The summed E-state index contributed by atoms with van der Waals surface area (Å²) in [5, 5.41) is 7.11. The second kappa shape index (κ2) is 7.93. The van der Waals surface area contributed by atoms with Crippen LogP contribution in [0.3, 0.4) is 0 Å². The van der Waals surface area contributed by atoms with Gasteiger partial charge in [-0.3, -0.25) is 0 Å². The minimum atomic E-state index is -0.360. The predicted octanol–water partition coefficient (Wildman–Crippen LogP) is 6.02. The van der Waals surface area contributed by atoms with Crippen molar-refractivity contribution < 1.29 is 14.2 Å². The van der Waals surface area contributed by atoms with Gasteiger partial charge >= 0.3 is 0 Å². The van der Waals surface area contributed by atoms with Gasteiger partial charge in [-0.25, -0.2) is 5.01 Å². The molecular formula is C25H23BrN2O3. The van der Waals surface area contributed by atoms with Gasteiger partial charge in [-0.05, 0) is 48.9 Å². The first-order chi connectivity index (χ1) is 15.1. The van der Waals surface area contributed by atoms with Crippen molar-refractivity contribution in [2.75, 3.05) is 14.2 Å². The third kappa shape index (κ3) is 3.55. The normalized spacial score (nSPS) is 19.2. The second-order valence-electron chi connectivity index (χ2n) is 7.78. The van der Waals surface area contributed by atoms with Crippen LogP contribution in [0.2, 0.25) is 0 Å². The first kappa shape index (κ1) is 19.9. The number of aryl methyl sites for hydroxylation is 1. The third-order valence-electron chi connectivity index (χ3n) is 5.83. The molecule has 0 N–H and O–H groups in total. The van der Waals surface area contributed by atoms with Gasteiger partial charge in [0.15, 0.2) is 11.5 Å². The minimum Gasteiger partial charge on any atom is -0.493 e. The van der Waals surface area contributed by atoms with Crippen molar-refractivity contribution in [3.05, 3.63) is 87.4 Å². The number of nitrogens with zero attached hydrogens (tertiary/aromatic N) is 2. The lowest BCUT2D eigenvalue weighted by Gasteiger charge is -2.38. The van der Waals surface area contributed by atoms with E-state index in [1.807, 2.05) is 30.3 Å². The van der Waals surface area contributed by atoms with Crippen LogP contribution in [0, 0.1) is 6.92 Å². The zero-order valence-corrected chi connectivity index (χ0v) is 19.2. The lowest BCUT2D eigenvalue weighted by molar-refractivity contribution is -0.0192. The van der Waals surface area contributed by atoms with Gasteiger partial charge in [0.05, 0.1) is 26.0 Å². The van der Waals surface area contributed by atoms with E-state index in [-0.39, 0.29) is 12.3 Å². The number of rotatable bonds is 4. The maximum atomic E-state index is 6.46. The highest BCUT2D eigenvalue weighted by atomic mass is 79.9. The van der Waals surface area contributed by atoms with E-state index < -0.39 is 0 Å². The van der Waals surface area contributed by atoms with Crippen LogP contribution in [-0.2, 0) is 0 Å². The molecule has 2 aliphatic rings. The number of hydrazone groups is 1. The summed E-state index contributed by atoms with van der Waals surface area (Å²) in [5.41, 5.74) is 5.54. The van der Waals surface area contributed by atoms with Gasteiger partial charge in [0.25, 0.3) is 0 Å². The molecule has 3 aromatic rings. The SMILES string of the molecule is COc1ccc([C@@H]2Oc3ccc(Br)cc3[C@H]3CC(c4ccc(C)cc4)=NN32)cc1OC. The Kier molecular flexibility index (Phi) is 5.10. The molecule has 0 fully saturated rings. The zero-order chi connectivity index (χ0) is 21.5. The molecule has 0 saturated heterocycles. The molecule has 2 aliphatic heterocycles. The summed E-state index contributed by atoms with van der Waals surface area (Å²) in [6, 6.07) is 20.7. The molecule has 0 spiro atoms. The Labute approximate surface area is 190 Å². The molecular weight excluding hydrogens is 456 g/mol. The maximum absolute atomic E-state index is 6.46. The van der Waals surface area contributed by atoms with E-state index in [9.17, 15) is 0 Å². The molecule has 0 aromatic heterocycles. The molecule has 5 nitrogen and oxygen atoms in total. The fourth-order valence-electron chi connectivity index (χ4n) is 4.20. The number of hydrogen-bond acceptors (Lipinski definition) is 5. The summed E-state index contributed by atoms with van der Waals surface area (Å²) in [4.78, 5) is 0. The lowest BCUT2D eigenvalue weighted by atomic mass is 9.95. The quantitative estimate of drug-likeness (QED) is 0.459. The number of hydrogen-bond donors (Lipinski definition) is 0. The van der Waals surface area contributed by atoms with Gasteiger partial charge in [0.1, 0.15) is 5.75 Å². The van der Waals surface area contributed by atoms with Gasteiger partial charge in [0, 0.05) is 22.0 Å². The molecule has 0 aliphatic carbocycles. The summed E-state index contributed by atoms with van der Waals surface area (Å²) in [5.74, 6) is 2.24. The smallest absolute Gasteiger partial charge is 0.214 e. The highest BCUT2D eigenvalue weighted by Gasteiger charge is 2.41. The maximum Gasteiger partial charge on any atom is 0.214 e. The van der Waals surface area contributed by atoms with Crippen LogP contribution >= 0.6 is 15.9 Å². The number of halogens is 1. The van der Waals surface area contributed by atoms with Crippen molar-refractivity contribution in [3.8, 4) is 17.2 Å². The van der Waals surface area contributed by atoms with E-state index in [1.54, 1.807) is 14.2 Å². The van der Waals surface area contributed by atoms with Crippen LogP contribution < -0.4 is 14.2 Å². The Balaban J connectivity index is 1.60. The molecule has 0 saturated carbocycles. The summed E-state index contributed by atoms with van der Waals surface area (Å²) in [6.07, 6.45) is 0.459. The van der Waals surface area contributed by atoms with Gasteiger partial charge in [-0.1, -0.05) is 45.8 Å². The Hall–Kier alpha value is -2.99. The van der Waals surface area contributed by atoms with Crippen molar-refractivity contribution in [2.24, 2.45) is 5.10 Å². The van der Waals surface area contributed by atoms with E-state index in [2.05, 4.69) is 58.2 Å². The Morgan fingerprint density at radius 3 is 2.48 bits per heavy atom. The number of methoxy groups -OCH3 is 2. The summed E-state index contributed by atoms with van der Waals surface area (Å²) < 4.78 is 18.4. The molecule has 2 heterocycles. The van der Waals surface area contributed by atoms with E-state index in [0.717, 1.165) is 39.0 Å². The van der Waals surface area contributed by atoms with E-state index >= 15 is 0 Å². The standard InChI is InChI=1S/C25H23BrN2O3/c1-15-4-6-16(7-5-15)20-14-21-19-13-18(26)9-11-22(19)31-25(28(21)27-20)17-8-10-23(29-2)24(12-17)30-3/h4-13,21,25H,14H2,1-3H3/t21-,25+/m1/s1. The van der Waals surface area contributed by atoms with Gasteiger partial charge < -0.3 is 14.2 Å². The zero-order valence-electron chi connectivity index (χ0n) is 17.6. The van der Waals surface area contributed by atoms with Crippen LogP contribution in [-0.4, -0.2) is 24.9 Å². The Morgan fingerprint density at radius 2 is 1.74 bits per heavy atom. The van der Waals surface area contributed by atoms with E-state index in [0.29, 0.717) is 11.5 Å². The van der Waals surface area contributed by atoms with E-state index in [4.69, 9.17) is 19.3 Å². The van der Waals surface area contributed by atoms with Crippen LogP contribution in [0.4, 0.5) is 0 Å². The minimum absolute atomic E-state index is 0.0932. The van der Waals surface area contributed by atoms with Crippen LogP contribution in [0.25, 0.3) is 0 Å². The summed E-state index contributed by atoms with van der Waals surface area (Å²) in [6.45, 7) is 2.10. The first-order valence-electron chi connectivity index (χ1n) is 10.2. The lowest BCUT2D eigenvalue weighted by Crippen LogP contribution is -2.33. The molecule has 0 bridgehead atoms. The number of ether oxygens (including phenoxy) is 3. The molecule has 3 aromatic carbocycles. The highest BCUT2D eigenvalue weighted by Crippen LogP contribution is 2.48. The number of fused-ring (bicyclic) bond motifs is 3. The van der Waals surface area contributed by atoms with Crippen molar-refractivity contribution in [1.29, 1.82) is 0 Å². The van der Waals surface area contributed by atoms with Crippen LogP contribution in [0.5, 0.6) is 17.2 Å². The molecule has 0 unspecified atom stereocenters. The van der Waals surface area contributed by atoms with Crippen molar-refractivity contribution in [3.63, 3.8) is 0 Å².